The van der Waals surface area contributed by atoms with Crippen LogP contribution in [0.1, 0.15) is 106 Å². The second-order valence-electron chi connectivity index (χ2n) is 12.0. The fourth-order valence-corrected chi connectivity index (χ4v) is 7.54. The molecule has 1 fully saturated rings. The number of unbranched alkanes of at least 4 members (excludes halogenated alkanes) is 9. The summed E-state index contributed by atoms with van der Waals surface area (Å²) in [6.07, 6.45) is 16.8. The quantitative estimate of drug-likeness (QED) is 0.137. The fraction of sp³-hybridized carbons (Fsp3) is 0.514. The van der Waals surface area contributed by atoms with Crippen molar-refractivity contribution in [1.82, 2.24) is 4.90 Å². The molecule has 2 heterocycles. The molecule has 0 bridgehead atoms. The van der Waals surface area contributed by atoms with E-state index in [1.165, 1.54) is 118 Å². The Balaban J connectivity index is 1.00. The molecule has 3 aromatic rings. The van der Waals surface area contributed by atoms with Gasteiger partial charge in [0.2, 0.25) is 0 Å². The molecule has 2 aliphatic rings. The topological polar surface area (TPSA) is 32.7 Å². The number of hydrogen-bond donors (Lipinski definition) is 1. The highest BCUT2D eigenvalue weighted by Gasteiger charge is 2.33. The lowest BCUT2D eigenvalue weighted by atomic mass is 9.76. The Morgan fingerprint density at radius 1 is 0.707 bits per heavy atom. The smallest absolute Gasteiger partial charge is 0.123 e. The zero-order valence-electron chi connectivity index (χ0n) is 24.8. The molecule has 1 saturated heterocycles. The van der Waals surface area contributed by atoms with Crippen LogP contribution < -0.4 is 4.74 Å². The number of phenols is 1. The van der Waals surface area contributed by atoms with Gasteiger partial charge in [0.25, 0.3) is 0 Å². The molecule has 2 atom stereocenters. The van der Waals surface area contributed by atoms with E-state index in [4.69, 9.17) is 4.74 Å². The van der Waals surface area contributed by atoms with Crippen LogP contribution in [-0.4, -0.2) is 42.0 Å². The maximum atomic E-state index is 10.3. The molecule has 3 aromatic carbocycles. The molecule has 1 N–H and O–H groups in total. The van der Waals surface area contributed by atoms with Gasteiger partial charge in [-0.1, -0.05) is 93.8 Å². The summed E-state index contributed by atoms with van der Waals surface area (Å²) in [6.45, 7) is 4.67. The third-order valence-electron chi connectivity index (χ3n) is 8.95. The summed E-state index contributed by atoms with van der Waals surface area (Å²) >= 11 is 1.98. The minimum absolute atomic E-state index is 0.155. The van der Waals surface area contributed by atoms with Gasteiger partial charge in [-0.25, -0.2) is 0 Å². The predicted octanol–water partition coefficient (Wildman–Crippen LogP) is 9.79. The number of thioether (sulfide) groups is 1. The monoisotopic (exact) mass is 571 g/mol. The third kappa shape index (κ3) is 9.03. The van der Waals surface area contributed by atoms with Gasteiger partial charge in [0.1, 0.15) is 11.5 Å². The Hall–Kier alpha value is -2.43. The Labute approximate surface area is 252 Å². The Morgan fingerprint density at radius 2 is 1.37 bits per heavy atom. The SMILES string of the molecule is Oc1ccc2c(c1)[C@H](c1ccc(SCCCCCCCCCCCCN3CCCC3)cc1)[C@H](c1ccccc1)CO2. The summed E-state index contributed by atoms with van der Waals surface area (Å²) in [4.78, 5) is 3.99. The molecule has 0 amide bonds. The molecular weight excluding hydrogens is 522 g/mol. The molecule has 0 spiro atoms. The highest BCUT2D eigenvalue weighted by atomic mass is 32.2. The van der Waals surface area contributed by atoms with E-state index in [9.17, 15) is 5.11 Å². The minimum Gasteiger partial charge on any atom is -0.508 e. The van der Waals surface area contributed by atoms with Gasteiger partial charge >= 0.3 is 0 Å². The molecule has 3 nitrogen and oxygen atoms in total. The first-order valence-electron chi connectivity index (χ1n) is 16.2. The van der Waals surface area contributed by atoms with E-state index in [0.717, 1.165) is 11.3 Å². The van der Waals surface area contributed by atoms with Gasteiger partial charge in [0.05, 0.1) is 6.61 Å². The van der Waals surface area contributed by atoms with Gasteiger partial charge in [-0.15, -0.1) is 11.8 Å². The van der Waals surface area contributed by atoms with Crippen molar-refractivity contribution in [2.24, 2.45) is 0 Å². The van der Waals surface area contributed by atoms with Crippen LogP contribution in [0.25, 0.3) is 0 Å². The predicted molar refractivity (Wildman–Crippen MR) is 174 cm³/mol. The van der Waals surface area contributed by atoms with Crippen LogP contribution in [0, 0.1) is 0 Å². The van der Waals surface area contributed by atoms with Crippen LogP contribution in [0.15, 0.2) is 77.7 Å². The lowest BCUT2D eigenvalue weighted by Crippen LogP contribution is -2.25. The average Bonchev–Trinajstić information content (AvgIpc) is 3.53. The molecule has 220 valence electrons. The first-order valence-corrected chi connectivity index (χ1v) is 17.2. The number of likely N-dealkylation sites (tertiary alicyclic amines) is 1. The summed E-state index contributed by atoms with van der Waals surface area (Å²) < 4.78 is 6.15. The highest BCUT2D eigenvalue weighted by molar-refractivity contribution is 7.99. The molecule has 0 aromatic heterocycles. The second kappa shape index (κ2) is 16.3. The number of phenolic OH excluding ortho intramolecular Hbond substituents is 1. The number of benzene rings is 3. The van der Waals surface area contributed by atoms with Crippen molar-refractivity contribution in [3.05, 3.63) is 89.5 Å². The number of hydrogen-bond acceptors (Lipinski definition) is 4. The van der Waals surface area contributed by atoms with Crippen LogP contribution in [0.2, 0.25) is 0 Å². The maximum Gasteiger partial charge on any atom is 0.123 e. The Bertz CT molecular complexity index is 1160. The normalized spacial score (nSPS) is 18.7. The van der Waals surface area contributed by atoms with E-state index in [1.54, 1.807) is 6.07 Å². The Kier molecular flexibility index (Phi) is 11.9. The third-order valence-corrected chi connectivity index (χ3v) is 10.1. The van der Waals surface area contributed by atoms with Crippen LogP contribution in [-0.2, 0) is 0 Å². The molecule has 4 heteroatoms. The number of ether oxygens (including phenoxy) is 1. The maximum absolute atomic E-state index is 10.3. The largest absolute Gasteiger partial charge is 0.508 e. The van der Waals surface area contributed by atoms with E-state index in [2.05, 4.69) is 59.5 Å². The van der Waals surface area contributed by atoms with Crippen LogP contribution in [0.5, 0.6) is 11.5 Å². The van der Waals surface area contributed by atoms with E-state index < -0.39 is 0 Å². The molecule has 0 radical (unpaired) electrons. The lowest BCUT2D eigenvalue weighted by molar-refractivity contribution is 0.248. The van der Waals surface area contributed by atoms with Gasteiger partial charge in [-0.2, -0.15) is 0 Å². The first kappa shape index (κ1) is 30.0. The standard InChI is InChI=1S/C37H49NO2S/c39-32-20-23-36-34(28-32)37(35(29-40-36)30-16-10-9-11-17-30)31-18-21-33(22-19-31)41-27-15-8-6-4-2-1-3-5-7-12-24-38-25-13-14-26-38/h9-11,16-23,28,35,37,39H,1-8,12-15,24-27,29H2/t35-,37-/m0/s1. The van der Waals surface area contributed by atoms with Gasteiger partial charge in [-0.3, -0.25) is 0 Å². The molecule has 41 heavy (non-hydrogen) atoms. The molecule has 5 rings (SSSR count). The van der Waals surface area contributed by atoms with E-state index >= 15 is 0 Å². The summed E-state index contributed by atoms with van der Waals surface area (Å²) in [5, 5.41) is 10.3. The van der Waals surface area contributed by atoms with Gasteiger partial charge in [0.15, 0.2) is 0 Å². The van der Waals surface area contributed by atoms with Crippen molar-refractivity contribution < 1.29 is 9.84 Å². The molecule has 0 unspecified atom stereocenters. The average molecular weight is 572 g/mol. The van der Waals surface area contributed by atoms with Crippen molar-refractivity contribution in [2.75, 3.05) is 32.0 Å². The summed E-state index contributed by atoms with van der Waals surface area (Å²) in [5.74, 6) is 2.73. The van der Waals surface area contributed by atoms with E-state index in [1.807, 2.05) is 23.9 Å². The van der Waals surface area contributed by atoms with Crippen LogP contribution in [0.3, 0.4) is 0 Å². The van der Waals surface area contributed by atoms with Crippen molar-refractivity contribution in [1.29, 1.82) is 0 Å². The first-order chi connectivity index (χ1) is 20.3. The molecule has 0 saturated carbocycles. The zero-order valence-corrected chi connectivity index (χ0v) is 25.6. The number of rotatable bonds is 16. The van der Waals surface area contributed by atoms with Gasteiger partial charge < -0.3 is 14.7 Å². The van der Waals surface area contributed by atoms with Crippen molar-refractivity contribution >= 4 is 11.8 Å². The van der Waals surface area contributed by atoms with Crippen molar-refractivity contribution in [3.8, 4) is 11.5 Å². The number of nitrogens with zero attached hydrogens (tertiary/aromatic N) is 1. The lowest BCUT2D eigenvalue weighted by Gasteiger charge is -2.34. The van der Waals surface area contributed by atoms with E-state index in [0.29, 0.717) is 12.4 Å². The highest BCUT2D eigenvalue weighted by Crippen LogP contribution is 2.47. The molecule has 2 aliphatic heterocycles. The number of fused-ring (bicyclic) bond motifs is 1. The molecular formula is C37H49NO2S. The van der Waals surface area contributed by atoms with Crippen molar-refractivity contribution in [2.45, 2.75) is 93.8 Å². The van der Waals surface area contributed by atoms with Crippen LogP contribution in [0.4, 0.5) is 0 Å². The van der Waals surface area contributed by atoms with E-state index in [-0.39, 0.29) is 11.8 Å². The Morgan fingerprint density at radius 3 is 2.07 bits per heavy atom. The van der Waals surface area contributed by atoms with Crippen molar-refractivity contribution in [3.63, 3.8) is 0 Å². The summed E-state index contributed by atoms with van der Waals surface area (Å²) in [6, 6.07) is 25.3. The number of aromatic hydroxyl groups is 1. The zero-order chi connectivity index (χ0) is 28.1. The summed E-state index contributed by atoms with van der Waals surface area (Å²) in [7, 11) is 0. The van der Waals surface area contributed by atoms with Crippen LogP contribution >= 0.6 is 11.8 Å². The summed E-state index contributed by atoms with van der Waals surface area (Å²) in [5.41, 5.74) is 3.63. The molecule has 0 aliphatic carbocycles. The van der Waals surface area contributed by atoms with Gasteiger partial charge in [0, 0.05) is 22.3 Å². The van der Waals surface area contributed by atoms with Gasteiger partial charge in [-0.05, 0) is 92.5 Å². The fourth-order valence-electron chi connectivity index (χ4n) is 6.62. The second-order valence-corrected chi connectivity index (χ2v) is 13.2. The minimum atomic E-state index is 0.155.